The van der Waals surface area contributed by atoms with E-state index >= 15 is 0 Å². The molecule has 1 atom stereocenters. The lowest BCUT2D eigenvalue weighted by atomic mass is 10.1. The highest BCUT2D eigenvalue weighted by Gasteiger charge is 2.07. The van der Waals surface area contributed by atoms with Crippen LogP contribution in [0.25, 0.3) is 0 Å². The quantitative estimate of drug-likeness (QED) is 0.839. The van der Waals surface area contributed by atoms with E-state index in [0.717, 1.165) is 5.56 Å². The molecular formula is C15H17FN2O. The van der Waals surface area contributed by atoms with E-state index in [9.17, 15) is 4.39 Å². The summed E-state index contributed by atoms with van der Waals surface area (Å²) in [6.07, 6.45) is 0. The van der Waals surface area contributed by atoms with Gasteiger partial charge in [0.05, 0.1) is 17.6 Å². The molecule has 0 saturated carbocycles. The van der Waals surface area contributed by atoms with Gasteiger partial charge in [-0.2, -0.15) is 5.26 Å². The average molecular weight is 260 g/mol. The smallest absolute Gasteiger partial charge is 0.138 e. The van der Waals surface area contributed by atoms with E-state index in [-0.39, 0.29) is 18.1 Å². The van der Waals surface area contributed by atoms with Gasteiger partial charge in [-0.05, 0) is 31.7 Å². The van der Waals surface area contributed by atoms with E-state index in [1.54, 1.807) is 12.1 Å². The maximum Gasteiger partial charge on any atom is 0.138 e. The Labute approximate surface area is 113 Å². The number of aliphatic hydroxyl groups excluding tert-OH is 1. The zero-order valence-corrected chi connectivity index (χ0v) is 11.2. The first-order chi connectivity index (χ1) is 9.06. The highest BCUT2D eigenvalue weighted by Crippen LogP contribution is 2.12. The van der Waals surface area contributed by atoms with Gasteiger partial charge in [0.25, 0.3) is 0 Å². The molecule has 1 aromatic rings. The van der Waals surface area contributed by atoms with Crippen LogP contribution < -0.4 is 0 Å². The molecule has 1 rings (SSSR count). The third-order valence-corrected chi connectivity index (χ3v) is 2.59. The summed E-state index contributed by atoms with van der Waals surface area (Å²) in [4.78, 5) is 2.00. The van der Waals surface area contributed by atoms with Crippen molar-refractivity contribution in [2.24, 2.45) is 5.92 Å². The average Bonchev–Trinajstić information content (AvgIpc) is 2.39. The molecule has 0 amide bonds. The van der Waals surface area contributed by atoms with Crippen LogP contribution in [0.2, 0.25) is 0 Å². The van der Waals surface area contributed by atoms with Gasteiger partial charge in [0, 0.05) is 13.1 Å². The number of nitriles is 1. The van der Waals surface area contributed by atoms with Crippen LogP contribution in [0.5, 0.6) is 0 Å². The van der Waals surface area contributed by atoms with Crippen molar-refractivity contribution < 1.29 is 9.50 Å². The summed E-state index contributed by atoms with van der Waals surface area (Å²) in [5.41, 5.74) is 1.21. The summed E-state index contributed by atoms with van der Waals surface area (Å²) >= 11 is 0. The Morgan fingerprint density at radius 3 is 2.84 bits per heavy atom. The minimum Gasteiger partial charge on any atom is -0.384 e. The molecule has 0 radical (unpaired) electrons. The van der Waals surface area contributed by atoms with Crippen LogP contribution in [0, 0.1) is 34.9 Å². The third-order valence-electron chi connectivity index (χ3n) is 2.59. The monoisotopic (exact) mass is 260 g/mol. The maximum atomic E-state index is 13.5. The Morgan fingerprint density at radius 1 is 1.47 bits per heavy atom. The third kappa shape index (κ3) is 5.09. The van der Waals surface area contributed by atoms with Crippen LogP contribution in [0.3, 0.4) is 0 Å². The van der Waals surface area contributed by atoms with Gasteiger partial charge in [0.2, 0.25) is 0 Å². The standard InChI is InChI=1S/C15H17FN2O/c1-12(9-17)10-18(2)11-13-5-6-15(16)14(8-13)4-3-7-19/h5-6,8,12,19H,7,10-11H2,1-2H3. The van der Waals surface area contributed by atoms with Gasteiger partial charge >= 0.3 is 0 Å². The number of nitrogens with zero attached hydrogens (tertiary/aromatic N) is 2. The van der Waals surface area contributed by atoms with Crippen molar-refractivity contribution in [3.05, 3.63) is 35.1 Å². The first-order valence-corrected chi connectivity index (χ1v) is 6.03. The zero-order chi connectivity index (χ0) is 14.3. The van der Waals surface area contributed by atoms with Gasteiger partial charge in [-0.15, -0.1) is 0 Å². The maximum absolute atomic E-state index is 13.5. The van der Waals surface area contributed by atoms with E-state index in [2.05, 4.69) is 17.9 Å². The Hall–Kier alpha value is -1.88. The lowest BCUT2D eigenvalue weighted by molar-refractivity contribution is 0.303. The Balaban J connectivity index is 2.77. The highest BCUT2D eigenvalue weighted by atomic mass is 19.1. The molecule has 0 spiro atoms. The molecule has 3 nitrogen and oxygen atoms in total. The number of benzene rings is 1. The molecule has 1 aromatic carbocycles. The van der Waals surface area contributed by atoms with Gasteiger partial charge in [-0.25, -0.2) is 4.39 Å². The van der Waals surface area contributed by atoms with Crippen molar-refractivity contribution in [3.63, 3.8) is 0 Å². The minimum absolute atomic E-state index is 0.0425. The predicted octanol–water partition coefficient (Wildman–Crippen LogP) is 1.76. The van der Waals surface area contributed by atoms with Crippen LogP contribution >= 0.6 is 0 Å². The molecule has 0 heterocycles. The number of hydrogen-bond acceptors (Lipinski definition) is 3. The van der Waals surface area contributed by atoms with Crippen molar-refractivity contribution in [2.45, 2.75) is 13.5 Å². The van der Waals surface area contributed by atoms with Gasteiger partial charge < -0.3 is 10.0 Å². The topological polar surface area (TPSA) is 47.3 Å². The molecule has 19 heavy (non-hydrogen) atoms. The van der Waals surface area contributed by atoms with Crippen LogP contribution in [0.4, 0.5) is 4.39 Å². The molecule has 1 N–H and O–H groups in total. The molecule has 100 valence electrons. The van der Waals surface area contributed by atoms with E-state index < -0.39 is 5.82 Å². The summed E-state index contributed by atoms with van der Waals surface area (Å²) in [5, 5.41) is 17.4. The molecule has 1 unspecified atom stereocenters. The summed E-state index contributed by atoms with van der Waals surface area (Å²) in [7, 11) is 1.91. The Kier molecular flexibility index (Phi) is 6.02. The summed E-state index contributed by atoms with van der Waals surface area (Å²) in [6, 6.07) is 6.93. The second-order valence-corrected chi connectivity index (χ2v) is 4.50. The van der Waals surface area contributed by atoms with E-state index in [1.807, 2.05) is 18.9 Å². The number of rotatable bonds is 4. The summed E-state index contributed by atoms with van der Waals surface area (Å²) in [6.45, 7) is 2.86. The minimum atomic E-state index is -0.391. The molecule has 0 aliphatic carbocycles. The molecule has 0 aromatic heterocycles. The summed E-state index contributed by atoms with van der Waals surface area (Å²) < 4.78 is 13.5. The molecule has 0 fully saturated rings. The van der Waals surface area contributed by atoms with Gasteiger partial charge in [-0.3, -0.25) is 0 Å². The molecule has 0 aliphatic rings. The molecular weight excluding hydrogens is 243 g/mol. The van der Waals surface area contributed by atoms with Crippen molar-refractivity contribution in [1.29, 1.82) is 5.26 Å². The molecule has 0 bridgehead atoms. The molecule has 4 heteroatoms. The van der Waals surface area contributed by atoms with E-state index in [0.29, 0.717) is 13.1 Å². The largest absolute Gasteiger partial charge is 0.384 e. The molecule has 0 saturated heterocycles. The first-order valence-electron chi connectivity index (χ1n) is 6.03. The summed E-state index contributed by atoms with van der Waals surface area (Å²) in [5.74, 6) is 4.59. The normalized spacial score (nSPS) is 11.6. The fourth-order valence-electron chi connectivity index (χ4n) is 1.79. The lowest BCUT2D eigenvalue weighted by Gasteiger charge is -2.17. The predicted molar refractivity (Wildman–Crippen MR) is 71.5 cm³/mol. The fourth-order valence-corrected chi connectivity index (χ4v) is 1.79. The van der Waals surface area contributed by atoms with Crippen molar-refractivity contribution in [3.8, 4) is 17.9 Å². The lowest BCUT2D eigenvalue weighted by Crippen LogP contribution is -2.23. The van der Waals surface area contributed by atoms with Crippen LogP contribution in [0.1, 0.15) is 18.1 Å². The highest BCUT2D eigenvalue weighted by molar-refractivity contribution is 5.38. The van der Waals surface area contributed by atoms with Gasteiger partial charge in [-0.1, -0.05) is 17.9 Å². The van der Waals surface area contributed by atoms with Crippen molar-refractivity contribution >= 4 is 0 Å². The first kappa shape index (κ1) is 15.2. The Bertz CT molecular complexity index is 525. The molecule has 0 aliphatic heterocycles. The van der Waals surface area contributed by atoms with Crippen molar-refractivity contribution in [2.75, 3.05) is 20.2 Å². The SMILES string of the molecule is CC(C#N)CN(C)Cc1ccc(F)c(C#CCO)c1. The second-order valence-electron chi connectivity index (χ2n) is 4.50. The van der Waals surface area contributed by atoms with E-state index in [1.165, 1.54) is 6.07 Å². The number of hydrogen-bond donors (Lipinski definition) is 1. The Morgan fingerprint density at radius 2 is 2.21 bits per heavy atom. The van der Waals surface area contributed by atoms with Gasteiger partial charge in [0.15, 0.2) is 0 Å². The zero-order valence-electron chi connectivity index (χ0n) is 11.2. The second kappa shape index (κ2) is 7.53. The number of aliphatic hydroxyl groups is 1. The van der Waals surface area contributed by atoms with Crippen LogP contribution in [-0.4, -0.2) is 30.2 Å². The van der Waals surface area contributed by atoms with Gasteiger partial charge in [0.1, 0.15) is 12.4 Å². The number of halogens is 1. The fraction of sp³-hybridized carbons (Fsp3) is 0.400. The van der Waals surface area contributed by atoms with E-state index in [4.69, 9.17) is 10.4 Å². The van der Waals surface area contributed by atoms with Crippen LogP contribution in [0.15, 0.2) is 18.2 Å². The van der Waals surface area contributed by atoms with Crippen LogP contribution in [-0.2, 0) is 6.54 Å². The van der Waals surface area contributed by atoms with Crippen molar-refractivity contribution in [1.82, 2.24) is 4.90 Å².